The van der Waals surface area contributed by atoms with E-state index in [1.54, 1.807) is 0 Å². The highest BCUT2D eigenvalue weighted by atomic mass is 32.2. The van der Waals surface area contributed by atoms with Crippen molar-refractivity contribution in [2.24, 2.45) is 0 Å². The average Bonchev–Trinajstić information content (AvgIpc) is 3.12. The van der Waals surface area contributed by atoms with Gasteiger partial charge < -0.3 is 4.74 Å². The molecule has 2 amide bonds. The van der Waals surface area contributed by atoms with E-state index >= 15 is 0 Å². The van der Waals surface area contributed by atoms with Gasteiger partial charge in [-0.2, -0.15) is 4.31 Å². The normalized spacial score (nSPS) is 21.0. The van der Waals surface area contributed by atoms with E-state index in [4.69, 9.17) is 4.74 Å². The molecule has 0 aromatic heterocycles. The van der Waals surface area contributed by atoms with Gasteiger partial charge in [0.25, 0.3) is 5.91 Å². The van der Waals surface area contributed by atoms with Crippen molar-refractivity contribution >= 4 is 27.8 Å². The van der Waals surface area contributed by atoms with Crippen LogP contribution in [0.5, 0.6) is 0 Å². The van der Waals surface area contributed by atoms with Crippen LogP contribution in [-0.4, -0.2) is 61.1 Å². The number of likely N-dealkylation sites (tertiary alicyclic amines) is 1. The number of carbonyl (C=O) groups is 3. The first-order chi connectivity index (χ1) is 13.3. The van der Waals surface area contributed by atoms with E-state index in [1.165, 1.54) is 28.6 Å². The van der Waals surface area contributed by atoms with Crippen molar-refractivity contribution in [3.63, 3.8) is 0 Å². The molecule has 2 aliphatic heterocycles. The minimum atomic E-state index is -3.61. The van der Waals surface area contributed by atoms with Gasteiger partial charge in [-0.25, -0.2) is 13.2 Å². The van der Waals surface area contributed by atoms with Crippen molar-refractivity contribution in [1.82, 2.24) is 9.21 Å². The van der Waals surface area contributed by atoms with Crippen LogP contribution in [0.25, 0.3) is 0 Å². The zero-order valence-electron chi connectivity index (χ0n) is 15.8. The monoisotopic (exact) mass is 408 g/mol. The van der Waals surface area contributed by atoms with Gasteiger partial charge in [0.15, 0.2) is 6.61 Å². The van der Waals surface area contributed by atoms with E-state index in [1.807, 2.05) is 6.92 Å². The quantitative estimate of drug-likeness (QED) is 0.685. The number of rotatable bonds is 5. The average molecular weight is 408 g/mol. The van der Waals surface area contributed by atoms with Crippen molar-refractivity contribution in [2.75, 3.05) is 19.7 Å². The SMILES string of the molecule is CC1CCCCN1S(=O)(=O)c1ccc(C(=O)OCC(=O)N2CCCC2=O)cc1. The Hall–Kier alpha value is -2.26. The summed E-state index contributed by atoms with van der Waals surface area (Å²) in [6.45, 7) is 2.21. The molecule has 0 spiro atoms. The summed E-state index contributed by atoms with van der Waals surface area (Å²) in [5.74, 6) is -1.55. The molecule has 0 saturated carbocycles. The zero-order chi connectivity index (χ0) is 20.3. The Balaban J connectivity index is 1.62. The number of ether oxygens (including phenoxy) is 1. The smallest absolute Gasteiger partial charge is 0.338 e. The number of hydrogen-bond donors (Lipinski definition) is 0. The number of piperidine rings is 1. The maximum atomic E-state index is 12.8. The van der Waals surface area contributed by atoms with Crippen LogP contribution in [0, 0.1) is 0 Å². The van der Waals surface area contributed by atoms with Crippen LogP contribution < -0.4 is 0 Å². The van der Waals surface area contributed by atoms with Crippen LogP contribution in [0.15, 0.2) is 29.2 Å². The Bertz CT molecular complexity index is 865. The Morgan fingerprint density at radius 2 is 1.82 bits per heavy atom. The van der Waals surface area contributed by atoms with Gasteiger partial charge in [0, 0.05) is 25.6 Å². The maximum Gasteiger partial charge on any atom is 0.338 e. The molecule has 152 valence electrons. The Morgan fingerprint density at radius 1 is 1.11 bits per heavy atom. The van der Waals surface area contributed by atoms with Crippen LogP contribution >= 0.6 is 0 Å². The summed E-state index contributed by atoms with van der Waals surface area (Å²) >= 11 is 0. The van der Waals surface area contributed by atoms with Gasteiger partial charge in [0.2, 0.25) is 15.9 Å². The fourth-order valence-electron chi connectivity index (χ4n) is 3.53. The van der Waals surface area contributed by atoms with Crippen molar-refractivity contribution in [3.05, 3.63) is 29.8 Å². The number of amides is 2. The minimum Gasteiger partial charge on any atom is -0.452 e. The second-order valence-electron chi connectivity index (χ2n) is 7.10. The van der Waals surface area contributed by atoms with Gasteiger partial charge in [0.1, 0.15) is 0 Å². The number of nitrogens with zero attached hydrogens (tertiary/aromatic N) is 2. The van der Waals surface area contributed by atoms with Crippen LogP contribution in [-0.2, 0) is 24.3 Å². The summed E-state index contributed by atoms with van der Waals surface area (Å²) in [5.41, 5.74) is 0.145. The van der Waals surface area contributed by atoms with Gasteiger partial charge in [-0.15, -0.1) is 0 Å². The number of hydrogen-bond acceptors (Lipinski definition) is 6. The molecular weight excluding hydrogens is 384 g/mol. The second kappa shape index (κ2) is 8.40. The van der Waals surface area contributed by atoms with E-state index < -0.39 is 28.5 Å². The Morgan fingerprint density at radius 3 is 2.43 bits per heavy atom. The van der Waals surface area contributed by atoms with E-state index in [2.05, 4.69) is 0 Å². The largest absolute Gasteiger partial charge is 0.452 e. The lowest BCUT2D eigenvalue weighted by Gasteiger charge is -2.32. The van der Waals surface area contributed by atoms with Crippen LogP contribution in [0.3, 0.4) is 0 Å². The van der Waals surface area contributed by atoms with E-state index in [0.29, 0.717) is 25.9 Å². The molecule has 3 rings (SSSR count). The molecule has 1 unspecified atom stereocenters. The third kappa shape index (κ3) is 4.25. The molecule has 2 heterocycles. The fourth-order valence-corrected chi connectivity index (χ4v) is 5.23. The van der Waals surface area contributed by atoms with Gasteiger partial charge >= 0.3 is 5.97 Å². The van der Waals surface area contributed by atoms with Crippen molar-refractivity contribution in [3.8, 4) is 0 Å². The summed E-state index contributed by atoms with van der Waals surface area (Å²) in [6, 6.07) is 5.44. The highest BCUT2D eigenvalue weighted by Gasteiger charge is 2.31. The lowest BCUT2D eigenvalue weighted by Crippen LogP contribution is -2.41. The minimum absolute atomic E-state index is 0.0531. The van der Waals surface area contributed by atoms with E-state index in [-0.39, 0.29) is 22.4 Å². The van der Waals surface area contributed by atoms with Gasteiger partial charge in [-0.05, 0) is 50.5 Å². The van der Waals surface area contributed by atoms with E-state index in [0.717, 1.165) is 24.2 Å². The van der Waals surface area contributed by atoms with Crippen molar-refractivity contribution < 1.29 is 27.5 Å². The third-order valence-electron chi connectivity index (χ3n) is 5.14. The van der Waals surface area contributed by atoms with Gasteiger partial charge in [-0.1, -0.05) is 6.42 Å². The molecule has 0 N–H and O–H groups in total. The molecule has 2 aliphatic rings. The summed E-state index contributed by atoms with van der Waals surface area (Å²) in [4.78, 5) is 36.8. The lowest BCUT2D eigenvalue weighted by atomic mass is 10.1. The lowest BCUT2D eigenvalue weighted by molar-refractivity contribution is -0.143. The van der Waals surface area contributed by atoms with Crippen LogP contribution in [0.4, 0.5) is 0 Å². The third-order valence-corrected chi connectivity index (χ3v) is 7.17. The summed E-state index contributed by atoms with van der Waals surface area (Å²) < 4.78 is 32.1. The van der Waals surface area contributed by atoms with Crippen LogP contribution in [0.2, 0.25) is 0 Å². The zero-order valence-corrected chi connectivity index (χ0v) is 16.6. The number of benzene rings is 1. The molecule has 1 aromatic carbocycles. The summed E-state index contributed by atoms with van der Waals surface area (Å²) in [5, 5.41) is 0. The maximum absolute atomic E-state index is 12.8. The fraction of sp³-hybridized carbons (Fsp3) is 0.526. The molecule has 1 atom stereocenters. The molecule has 28 heavy (non-hydrogen) atoms. The Labute approximate surface area is 164 Å². The summed E-state index contributed by atoms with van der Waals surface area (Å²) in [7, 11) is -3.61. The molecular formula is C19H24N2O6S. The predicted molar refractivity (Wildman–Crippen MR) is 99.9 cm³/mol. The molecule has 2 fully saturated rings. The molecule has 8 nitrogen and oxygen atoms in total. The standard InChI is InChI=1S/C19H24N2O6S/c1-14-5-2-3-12-21(14)28(25,26)16-9-7-15(8-10-16)19(24)27-13-18(23)20-11-4-6-17(20)22/h7-10,14H,2-6,11-13H2,1H3. The van der Waals surface area contributed by atoms with Gasteiger partial charge in [-0.3, -0.25) is 14.5 Å². The first-order valence-corrected chi connectivity index (χ1v) is 10.9. The number of sulfonamides is 1. The van der Waals surface area contributed by atoms with Crippen LogP contribution in [0.1, 0.15) is 49.4 Å². The highest BCUT2D eigenvalue weighted by molar-refractivity contribution is 7.89. The number of imide groups is 1. The van der Waals surface area contributed by atoms with E-state index in [9.17, 15) is 22.8 Å². The van der Waals surface area contributed by atoms with Gasteiger partial charge in [0.05, 0.1) is 10.5 Å². The predicted octanol–water partition coefficient (Wildman–Crippen LogP) is 1.56. The number of esters is 1. The molecule has 1 aromatic rings. The first-order valence-electron chi connectivity index (χ1n) is 9.43. The first kappa shape index (κ1) is 20.5. The highest BCUT2D eigenvalue weighted by Crippen LogP contribution is 2.25. The molecule has 0 radical (unpaired) electrons. The molecule has 0 aliphatic carbocycles. The second-order valence-corrected chi connectivity index (χ2v) is 8.99. The number of carbonyl (C=O) groups excluding carboxylic acids is 3. The topological polar surface area (TPSA) is 101 Å². The molecule has 0 bridgehead atoms. The molecule has 9 heteroatoms. The Kier molecular flexibility index (Phi) is 6.14. The molecule has 2 saturated heterocycles. The van der Waals surface area contributed by atoms with Crippen molar-refractivity contribution in [1.29, 1.82) is 0 Å². The van der Waals surface area contributed by atoms with Crippen molar-refractivity contribution in [2.45, 2.75) is 50.0 Å². The summed E-state index contributed by atoms with van der Waals surface area (Å²) in [6.07, 6.45) is 3.62.